The summed E-state index contributed by atoms with van der Waals surface area (Å²) in [6, 6.07) is 0. The molecular weight excluding hydrogens is 226 g/mol. The maximum atomic E-state index is 12.0. The van der Waals surface area contributed by atoms with E-state index < -0.39 is 5.54 Å². The van der Waals surface area contributed by atoms with Crippen LogP contribution >= 0.6 is 0 Å². The van der Waals surface area contributed by atoms with Gasteiger partial charge in [0, 0.05) is 13.1 Å². The SMILES string of the molecule is CNC(C)(C)C(=O)NCC(C)(C)C1CCN(C)C1. The van der Waals surface area contributed by atoms with Crippen molar-refractivity contribution in [3.05, 3.63) is 0 Å². The molecule has 4 heteroatoms. The van der Waals surface area contributed by atoms with E-state index in [0.29, 0.717) is 5.92 Å². The van der Waals surface area contributed by atoms with Gasteiger partial charge in [0.2, 0.25) is 5.91 Å². The number of nitrogens with one attached hydrogen (secondary N) is 2. The number of likely N-dealkylation sites (N-methyl/N-ethyl adjacent to an activating group) is 1. The Balaban J connectivity index is 2.49. The number of amides is 1. The number of carbonyl (C=O) groups is 1. The van der Waals surface area contributed by atoms with Crippen molar-refractivity contribution in [3.63, 3.8) is 0 Å². The molecule has 0 bridgehead atoms. The summed E-state index contributed by atoms with van der Waals surface area (Å²) in [4.78, 5) is 14.4. The minimum Gasteiger partial charge on any atom is -0.354 e. The third kappa shape index (κ3) is 3.69. The fraction of sp³-hybridized carbons (Fsp3) is 0.929. The molecule has 0 aromatic heterocycles. The van der Waals surface area contributed by atoms with E-state index in [1.165, 1.54) is 13.0 Å². The molecule has 0 aliphatic carbocycles. The lowest BCUT2D eigenvalue weighted by Gasteiger charge is -2.33. The third-order valence-corrected chi connectivity index (χ3v) is 4.39. The van der Waals surface area contributed by atoms with Gasteiger partial charge >= 0.3 is 0 Å². The zero-order valence-corrected chi connectivity index (χ0v) is 12.8. The van der Waals surface area contributed by atoms with Gasteiger partial charge < -0.3 is 15.5 Å². The van der Waals surface area contributed by atoms with Crippen LogP contribution < -0.4 is 10.6 Å². The van der Waals surface area contributed by atoms with Crippen molar-refractivity contribution in [1.82, 2.24) is 15.5 Å². The van der Waals surface area contributed by atoms with E-state index in [-0.39, 0.29) is 11.3 Å². The Kier molecular flexibility index (Phi) is 4.78. The van der Waals surface area contributed by atoms with E-state index in [9.17, 15) is 4.79 Å². The average Bonchev–Trinajstić information content (AvgIpc) is 2.73. The van der Waals surface area contributed by atoms with Gasteiger partial charge in [-0.15, -0.1) is 0 Å². The van der Waals surface area contributed by atoms with Crippen LogP contribution in [0.2, 0.25) is 0 Å². The highest BCUT2D eigenvalue weighted by Crippen LogP contribution is 2.33. The monoisotopic (exact) mass is 255 g/mol. The smallest absolute Gasteiger partial charge is 0.239 e. The summed E-state index contributed by atoms with van der Waals surface area (Å²) in [5.74, 6) is 0.741. The molecule has 1 saturated heterocycles. The van der Waals surface area contributed by atoms with Gasteiger partial charge in [0.25, 0.3) is 0 Å². The Bertz CT molecular complexity index is 299. The summed E-state index contributed by atoms with van der Waals surface area (Å²) in [6.07, 6.45) is 1.23. The fourth-order valence-electron chi connectivity index (χ4n) is 2.36. The number of carbonyl (C=O) groups excluding carboxylic acids is 1. The lowest BCUT2D eigenvalue weighted by molar-refractivity contribution is -0.126. The van der Waals surface area contributed by atoms with Crippen LogP contribution in [0.1, 0.15) is 34.1 Å². The molecule has 1 rings (SSSR count). The maximum absolute atomic E-state index is 12.0. The predicted octanol–water partition coefficient (Wildman–Crippen LogP) is 1.08. The number of nitrogens with zero attached hydrogens (tertiary/aromatic N) is 1. The normalized spacial score (nSPS) is 22.2. The summed E-state index contributed by atoms with van der Waals surface area (Å²) in [5.41, 5.74) is -0.340. The van der Waals surface area contributed by atoms with Crippen molar-refractivity contribution in [2.75, 3.05) is 33.7 Å². The van der Waals surface area contributed by atoms with E-state index in [2.05, 4.69) is 36.4 Å². The van der Waals surface area contributed by atoms with Crippen molar-refractivity contribution in [3.8, 4) is 0 Å². The molecule has 106 valence electrons. The van der Waals surface area contributed by atoms with Gasteiger partial charge in [0.1, 0.15) is 0 Å². The van der Waals surface area contributed by atoms with Crippen LogP contribution in [0.25, 0.3) is 0 Å². The lowest BCUT2D eigenvalue weighted by Crippen LogP contribution is -2.53. The van der Waals surface area contributed by atoms with Gasteiger partial charge in [-0.3, -0.25) is 4.79 Å². The Morgan fingerprint density at radius 1 is 1.33 bits per heavy atom. The number of likely N-dealkylation sites (tertiary alicyclic amines) is 1. The molecule has 0 aromatic rings. The van der Waals surface area contributed by atoms with Crippen molar-refractivity contribution in [2.24, 2.45) is 11.3 Å². The minimum absolute atomic E-state index is 0.0735. The summed E-state index contributed by atoms with van der Waals surface area (Å²) < 4.78 is 0. The molecular formula is C14H29N3O. The van der Waals surface area contributed by atoms with Gasteiger partial charge in [-0.2, -0.15) is 0 Å². The number of hydrogen-bond donors (Lipinski definition) is 2. The van der Waals surface area contributed by atoms with Crippen LogP contribution in [0.15, 0.2) is 0 Å². The van der Waals surface area contributed by atoms with E-state index in [0.717, 1.165) is 13.1 Å². The van der Waals surface area contributed by atoms with Gasteiger partial charge in [-0.05, 0) is 52.2 Å². The molecule has 1 amide bonds. The zero-order valence-electron chi connectivity index (χ0n) is 12.8. The fourth-order valence-corrected chi connectivity index (χ4v) is 2.36. The first-order valence-corrected chi connectivity index (χ1v) is 6.85. The minimum atomic E-state index is -0.497. The Morgan fingerprint density at radius 3 is 2.39 bits per heavy atom. The number of rotatable bonds is 5. The first kappa shape index (κ1) is 15.4. The predicted molar refractivity (Wildman–Crippen MR) is 75.5 cm³/mol. The molecule has 1 atom stereocenters. The molecule has 1 fully saturated rings. The quantitative estimate of drug-likeness (QED) is 0.772. The van der Waals surface area contributed by atoms with Crippen LogP contribution in [0.4, 0.5) is 0 Å². The molecule has 1 aliphatic heterocycles. The van der Waals surface area contributed by atoms with Crippen LogP contribution in [0, 0.1) is 11.3 Å². The molecule has 2 N–H and O–H groups in total. The Labute approximate surface area is 111 Å². The third-order valence-electron chi connectivity index (χ3n) is 4.39. The van der Waals surface area contributed by atoms with E-state index >= 15 is 0 Å². The molecule has 4 nitrogen and oxygen atoms in total. The van der Waals surface area contributed by atoms with E-state index in [4.69, 9.17) is 0 Å². The molecule has 0 saturated carbocycles. The highest BCUT2D eigenvalue weighted by atomic mass is 16.2. The standard InChI is InChI=1S/C14H29N3O/c1-13(2,11-7-8-17(6)9-11)10-16-12(18)14(3,4)15-5/h11,15H,7-10H2,1-6H3,(H,16,18). The molecule has 1 heterocycles. The highest BCUT2D eigenvalue weighted by molar-refractivity contribution is 5.85. The number of hydrogen-bond acceptors (Lipinski definition) is 3. The van der Waals surface area contributed by atoms with Gasteiger partial charge in [-0.25, -0.2) is 0 Å². The van der Waals surface area contributed by atoms with Crippen molar-refractivity contribution < 1.29 is 4.79 Å². The molecule has 0 spiro atoms. The van der Waals surface area contributed by atoms with E-state index in [1.807, 2.05) is 20.9 Å². The lowest BCUT2D eigenvalue weighted by atomic mass is 9.78. The molecule has 0 aromatic carbocycles. The van der Waals surface area contributed by atoms with Crippen LogP contribution in [0.3, 0.4) is 0 Å². The van der Waals surface area contributed by atoms with E-state index in [1.54, 1.807) is 0 Å². The highest BCUT2D eigenvalue weighted by Gasteiger charge is 2.35. The van der Waals surface area contributed by atoms with Crippen LogP contribution in [-0.2, 0) is 4.79 Å². The topological polar surface area (TPSA) is 44.4 Å². The van der Waals surface area contributed by atoms with Gasteiger partial charge in [0.15, 0.2) is 0 Å². The molecule has 1 aliphatic rings. The molecule has 0 radical (unpaired) electrons. The second-order valence-electron chi connectivity index (χ2n) is 6.79. The maximum Gasteiger partial charge on any atom is 0.239 e. The summed E-state index contributed by atoms with van der Waals surface area (Å²) in [5, 5.41) is 6.12. The first-order chi connectivity index (χ1) is 8.19. The van der Waals surface area contributed by atoms with Crippen molar-refractivity contribution >= 4 is 5.91 Å². The Morgan fingerprint density at radius 2 is 1.94 bits per heavy atom. The van der Waals surface area contributed by atoms with Gasteiger partial charge in [0.05, 0.1) is 5.54 Å². The van der Waals surface area contributed by atoms with Crippen molar-refractivity contribution in [1.29, 1.82) is 0 Å². The largest absolute Gasteiger partial charge is 0.354 e. The summed E-state index contributed by atoms with van der Waals surface area (Å²) >= 11 is 0. The Hall–Kier alpha value is -0.610. The summed E-state index contributed by atoms with van der Waals surface area (Å²) in [6.45, 7) is 11.4. The van der Waals surface area contributed by atoms with Gasteiger partial charge in [-0.1, -0.05) is 13.8 Å². The van der Waals surface area contributed by atoms with Crippen LogP contribution in [-0.4, -0.2) is 50.1 Å². The molecule has 1 unspecified atom stereocenters. The first-order valence-electron chi connectivity index (χ1n) is 6.85. The zero-order chi connectivity index (χ0) is 14.0. The molecule has 18 heavy (non-hydrogen) atoms. The van der Waals surface area contributed by atoms with Crippen LogP contribution in [0.5, 0.6) is 0 Å². The van der Waals surface area contributed by atoms with Crippen molar-refractivity contribution in [2.45, 2.75) is 39.7 Å². The average molecular weight is 255 g/mol. The summed E-state index contributed by atoms with van der Waals surface area (Å²) in [7, 11) is 3.98. The second-order valence-corrected chi connectivity index (χ2v) is 6.79. The second kappa shape index (κ2) is 5.57.